The average Bonchev–Trinajstić information content (AvgIpc) is 2.51. The molecule has 0 aromatic carbocycles. The fraction of sp³-hybridized carbons (Fsp3) is 0.900. The second-order valence-corrected chi connectivity index (χ2v) is 8.36. The lowest BCUT2D eigenvalue weighted by Gasteiger charge is -2.30. The molecule has 0 amide bonds. The fourth-order valence-electron chi connectivity index (χ4n) is 1.82. The highest BCUT2D eigenvalue weighted by Gasteiger charge is 2.28. The molecule has 0 saturated heterocycles. The lowest BCUT2D eigenvalue weighted by atomic mass is 9.82. The molecule has 1 atom stereocenters. The van der Waals surface area contributed by atoms with E-state index in [4.69, 9.17) is 15.3 Å². The first kappa shape index (κ1) is 29.6. The van der Waals surface area contributed by atoms with Crippen LogP contribution in [-0.2, 0) is 9.59 Å². The van der Waals surface area contributed by atoms with Crippen LogP contribution in [0, 0.1) is 23.2 Å². The third-order valence-corrected chi connectivity index (χ3v) is 3.76. The number of carboxylic acid groups (broad SMARTS) is 2. The summed E-state index contributed by atoms with van der Waals surface area (Å²) in [6.07, 6.45) is 2.93. The molecule has 1 unspecified atom stereocenters. The molecule has 0 saturated carbocycles. The van der Waals surface area contributed by atoms with Crippen molar-refractivity contribution in [2.75, 3.05) is 6.61 Å². The first-order valence-corrected chi connectivity index (χ1v) is 9.42. The summed E-state index contributed by atoms with van der Waals surface area (Å²) in [4.78, 5) is 19.7. The summed E-state index contributed by atoms with van der Waals surface area (Å²) in [6, 6.07) is 0. The van der Waals surface area contributed by atoms with E-state index in [-0.39, 0.29) is 23.9 Å². The molecule has 0 aromatic rings. The molecular weight excluding hydrogens is 336 g/mol. The summed E-state index contributed by atoms with van der Waals surface area (Å²) in [7, 11) is 0. The first-order chi connectivity index (χ1) is 11.7. The van der Waals surface area contributed by atoms with Gasteiger partial charge in [-0.05, 0) is 18.3 Å². The minimum absolute atomic E-state index is 0.0341. The fourth-order valence-corrected chi connectivity index (χ4v) is 1.82. The molecule has 0 aliphatic carbocycles. The van der Waals surface area contributed by atoms with Gasteiger partial charge in [-0.25, -0.2) is 0 Å². The highest BCUT2D eigenvalue weighted by molar-refractivity contribution is 5.68. The van der Waals surface area contributed by atoms with Crippen molar-refractivity contribution in [3.63, 3.8) is 0 Å². The quantitative estimate of drug-likeness (QED) is 0.450. The van der Waals surface area contributed by atoms with Crippen LogP contribution in [0.3, 0.4) is 0 Å². The monoisotopic (exact) mass is 378 g/mol. The van der Waals surface area contributed by atoms with Crippen molar-refractivity contribution in [1.29, 1.82) is 0 Å². The molecule has 0 heterocycles. The van der Waals surface area contributed by atoms with Crippen LogP contribution >= 0.6 is 0 Å². The lowest BCUT2D eigenvalue weighted by Crippen LogP contribution is -2.36. The zero-order valence-electron chi connectivity index (χ0n) is 18.0. The molecule has 0 aliphatic heterocycles. The van der Waals surface area contributed by atoms with Gasteiger partial charge in [0.25, 0.3) is 0 Å². The molecule has 0 spiro atoms. The number of aliphatic carboxylic acids is 2. The van der Waals surface area contributed by atoms with Gasteiger partial charge in [0.05, 0.1) is 18.6 Å². The first-order valence-electron chi connectivity index (χ1n) is 9.42. The van der Waals surface area contributed by atoms with Crippen LogP contribution in [0.25, 0.3) is 0 Å². The van der Waals surface area contributed by atoms with E-state index < -0.39 is 18.0 Å². The zero-order valence-corrected chi connectivity index (χ0v) is 18.0. The Balaban J connectivity index is -0.000000316. The molecule has 26 heavy (non-hydrogen) atoms. The lowest BCUT2D eigenvalue weighted by molar-refractivity contribution is -0.140. The van der Waals surface area contributed by atoms with E-state index in [2.05, 4.69) is 13.8 Å². The van der Waals surface area contributed by atoms with E-state index in [9.17, 15) is 14.7 Å². The van der Waals surface area contributed by atoms with Crippen molar-refractivity contribution >= 4 is 11.9 Å². The van der Waals surface area contributed by atoms with E-state index in [1.54, 1.807) is 13.8 Å². The normalized spacial score (nSPS) is 12.2. The van der Waals surface area contributed by atoms with Crippen LogP contribution in [0.15, 0.2) is 0 Å². The molecule has 0 rings (SSSR count). The van der Waals surface area contributed by atoms with Gasteiger partial charge in [-0.3, -0.25) is 9.59 Å². The van der Waals surface area contributed by atoms with Gasteiger partial charge >= 0.3 is 11.9 Å². The maximum Gasteiger partial charge on any atom is 0.305 e. The van der Waals surface area contributed by atoms with Crippen LogP contribution in [0.4, 0.5) is 0 Å². The Bertz CT molecular complexity index is 361. The molecule has 4 N–H and O–H groups in total. The summed E-state index contributed by atoms with van der Waals surface area (Å²) >= 11 is 0. The molecule has 6 nitrogen and oxygen atoms in total. The van der Waals surface area contributed by atoms with Crippen LogP contribution in [0.5, 0.6) is 0 Å². The SMILES string of the molecule is CC(C)C(=O)O.CC(C)C(O)C(C)(C)CO.CC(C)CCCCC(=O)O. The molecule has 0 aliphatic rings. The van der Waals surface area contributed by atoms with Crippen LogP contribution in [0.2, 0.25) is 0 Å². The van der Waals surface area contributed by atoms with E-state index in [0.717, 1.165) is 19.3 Å². The Labute approximate surface area is 159 Å². The van der Waals surface area contributed by atoms with Gasteiger partial charge in [-0.15, -0.1) is 0 Å². The number of unbranched alkanes of at least 4 members (excludes halogenated alkanes) is 1. The minimum Gasteiger partial charge on any atom is -0.481 e. The van der Waals surface area contributed by atoms with Gasteiger partial charge in [0, 0.05) is 11.8 Å². The van der Waals surface area contributed by atoms with E-state index in [0.29, 0.717) is 12.3 Å². The molecule has 0 fully saturated rings. The number of aliphatic hydroxyl groups is 2. The molecule has 6 heteroatoms. The van der Waals surface area contributed by atoms with Crippen molar-refractivity contribution in [2.45, 2.75) is 87.2 Å². The molecule has 0 aromatic heterocycles. The van der Waals surface area contributed by atoms with Crippen molar-refractivity contribution in [1.82, 2.24) is 0 Å². The predicted molar refractivity (Wildman–Crippen MR) is 105 cm³/mol. The van der Waals surface area contributed by atoms with Crippen LogP contribution < -0.4 is 0 Å². The second kappa shape index (κ2) is 16.1. The summed E-state index contributed by atoms with van der Waals surface area (Å²) < 4.78 is 0. The number of hydrogen-bond donors (Lipinski definition) is 4. The highest BCUT2D eigenvalue weighted by atomic mass is 16.4. The van der Waals surface area contributed by atoms with Gasteiger partial charge in [-0.1, -0.05) is 68.2 Å². The van der Waals surface area contributed by atoms with Gasteiger partial charge in [0.1, 0.15) is 0 Å². The third-order valence-electron chi connectivity index (χ3n) is 3.76. The number of carbonyl (C=O) groups is 2. The number of rotatable bonds is 9. The second-order valence-electron chi connectivity index (χ2n) is 8.36. The Kier molecular flexibility index (Phi) is 18.3. The van der Waals surface area contributed by atoms with Crippen LogP contribution in [0.1, 0.15) is 81.1 Å². The topological polar surface area (TPSA) is 115 Å². The largest absolute Gasteiger partial charge is 0.481 e. The van der Waals surface area contributed by atoms with E-state index in [1.807, 2.05) is 27.7 Å². The number of aliphatic hydroxyl groups excluding tert-OH is 2. The Morgan fingerprint density at radius 3 is 1.54 bits per heavy atom. The number of hydrogen-bond acceptors (Lipinski definition) is 4. The predicted octanol–water partition coefficient (Wildman–Crippen LogP) is 4.04. The van der Waals surface area contributed by atoms with Gasteiger partial charge < -0.3 is 20.4 Å². The molecule has 158 valence electrons. The van der Waals surface area contributed by atoms with Gasteiger partial charge in [0.15, 0.2) is 0 Å². The van der Waals surface area contributed by atoms with E-state index >= 15 is 0 Å². The van der Waals surface area contributed by atoms with Gasteiger partial charge in [-0.2, -0.15) is 0 Å². The van der Waals surface area contributed by atoms with Crippen LogP contribution in [-0.4, -0.2) is 45.1 Å². The summed E-state index contributed by atoms with van der Waals surface area (Å²) in [5, 5.41) is 34.6. The molecular formula is C20H42O6. The Morgan fingerprint density at radius 1 is 0.923 bits per heavy atom. The summed E-state index contributed by atoms with van der Waals surface area (Å²) in [5.41, 5.74) is -0.367. The van der Waals surface area contributed by atoms with Crippen molar-refractivity contribution in [3.05, 3.63) is 0 Å². The van der Waals surface area contributed by atoms with E-state index in [1.165, 1.54) is 0 Å². The Morgan fingerprint density at radius 2 is 1.35 bits per heavy atom. The average molecular weight is 379 g/mol. The zero-order chi connectivity index (χ0) is 21.5. The maximum atomic E-state index is 10.0. The van der Waals surface area contributed by atoms with Crippen molar-refractivity contribution in [3.8, 4) is 0 Å². The highest BCUT2D eigenvalue weighted by Crippen LogP contribution is 2.24. The standard InChI is InChI=1S/C8H18O2.C8H16O2.C4H8O2/c1-6(2)7(10)8(3,4)5-9;1-7(2)5-3-4-6-8(9)10;1-3(2)4(5)6/h6-7,9-10H,5H2,1-4H3;7H,3-6H2,1-2H3,(H,9,10);3H,1-2H3,(H,5,6). The third kappa shape index (κ3) is 20.9. The van der Waals surface area contributed by atoms with Crippen molar-refractivity contribution in [2.24, 2.45) is 23.2 Å². The summed E-state index contributed by atoms with van der Waals surface area (Å²) in [5.74, 6) is -0.736. The molecule has 0 bridgehead atoms. The minimum atomic E-state index is -0.741. The smallest absolute Gasteiger partial charge is 0.305 e. The Hall–Kier alpha value is -1.14. The number of carboxylic acids is 2. The van der Waals surface area contributed by atoms with Gasteiger partial charge in [0.2, 0.25) is 0 Å². The summed E-state index contributed by atoms with van der Waals surface area (Å²) in [6.45, 7) is 15.2. The van der Waals surface area contributed by atoms with Crippen molar-refractivity contribution < 1.29 is 30.0 Å². The molecule has 0 radical (unpaired) electrons. The maximum absolute atomic E-state index is 10.0.